The summed E-state index contributed by atoms with van der Waals surface area (Å²) in [5, 5.41) is 12.1. The number of carbonyl (C=O) groups excluding carboxylic acids is 2. The molecular weight excluding hydrogens is 336 g/mol. The Hall–Kier alpha value is -2.34. The van der Waals surface area contributed by atoms with Crippen molar-refractivity contribution in [1.82, 2.24) is 4.90 Å². The molecule has 1 saturated heterocycles. The van der Waals surface area contributed by atoms with Crippen LogP contribution in [0.25, 0.3) is 0 Å². The summed E-state index contributed by atoms with van der Waals surface area (Å²) in [7, 11) is 0. The second kappa shape index (κ2) is 7.27. The SMILES string of the molecule is CC(C)C(=O)N1CCC[C@@H]1c1ccc(C(=O)Nc2ccc(O)cc2)s1. The van der Waals surface area contributed by atoms with Crippen LogP contribution in [0.3, 0.4) is 0 Å². The lowest BCUT2D eigenvalue weighted by molar-refractivity contribution is -0.135. The summed E-state index contributed by atoms with van der Waals surface area (Å²) < 4.78 is 0. The quantitative estimate of drug-likeness (QED) is 0.811. The van der Waals surface area contributed by atoms with E-state index in [4.69, 9.17) is 0 Å². The first-order valence-corrected chi connectivity index (χ1v) is 9.28. The number of rotatable bonds is 4. The van der Waals surface area contributed by atoms with Gasteiger partial charge in [0.1, 0.15) is 5.75 Å². The molecule has 1 fully saturated rings. The summed E-state index contributed by atoms with van der Waals surface area (Å²) in [6, 6.07) is 10.2. The van der Waals surface area contributed by atoms with E-state index in [0.29, 0.717) is 10.6 Å². The van der Waals surface area contributed by atoms with Gasteiger partial charge in [-0.05, 0) is 49.2 Å². The van der Waals surface area contributed by atoms with Crippen molar-refractivity contribution in [3.05, 3.63) is 46.2 Å². The second-order valence-corrected chi connectivity index (χ2v) is 7.66. The van der Waals surface area contributed by atoms with Crippen LogP contribution < -0.4 is 5.32 Å². The predicted molar refractivity (Wildman–Crippen MR) is 98.9 cm³/mol. The van der Waals surface area contributed by atoms with E-state index in [1.54, 1.807) is 12.1 Å². The lowest BCUT2D eigenvalue weighted by Crippen LogP contribution is -2.33. The number of hydrogen-bond acceptors (Lipinski definition) is 4. The van der Waals surface area contributed by atoms with Crippen molar-refractivity contribution in [3.63, 3.8) is 0 Å². The van der Waals surface area contributed by atoms with Crippen LogP contribution in [0.4, 0.5) is 5.69 Å². The third-order valence-electron chi connectivity index (χ3n) is 4.33. The largest absolute Gasteiger partial charge is 0.508 e. The zero-order valence-electron chi connectivity index (χ0n) is 14.4. The fourth-order valence-corrected chi connectivity index (χ4v) is 4.10. The van der Waals surface area contributed by atoms with Gasteiger partial charge in [0.05, 0.1) is 10.9 Å². The normalized spacial score (nSPS) is 17.1. The maximum atomic E-state index is 12.4. The summed E-state index contributed by atoms with van der Waals surface area (Å²) in [6.07, 6.45) is 1.94. The molecular formula is C19H22N2O3S. The summed E-state index contributed by atoms with van der Waals surface area (Å²) in [5.74, 6) is 0.137. The minimum absolute atomic E-state index is 0.0159. The maximum Gasteiger partial charge on any atom is 0.265 e. The molecule has 2 N–H and O–H groups in total. The highest BCUT2D eigenvalue weighted by molar-refractivity contribution is 7.14. The summed E-state index contributed by atoms with van der Waals surface area (Å²) in [5.41, 5.74) is 0.634. The molecule has 0 spiro atoms. The smallest absolute Gasteiger partial charge is 0.265 e. The number of hydrogen-bond donors (Lipinski definition) is 2. The van der Waals surface area contributed by atoms with Gasteiger partial charge in [-0.2, -0.15) is 0 Å². The summed E-state index contributed by atoms with van der Waals surface area (Å²) in [6.45, 7) is 4.62. The van der Waals surface area contributed by atoms with Gasteiger partial charge in [-0.25, -0.2) is 0 Å². The van der Waals surface area contributed by atoms with Crippen LogP contribution in [-0.2, 0) is 4.79 Å². The van der Waals surface area contributed by atoms with Crippen molar-refractivity contribution in [3.8, 4) is 5.75 Å². The number of benzene rings is 1. The average molecular weight is 358 g/mol. The molecule has 1 atom stereocenters. The molecule has 0 aliphatic carbocycles. The Morgan fingerprint density at radius 1 is 1.20 bits per heavy atom. The molecule has 0 saturated carbocycles. The van der Waals surface area contributed by atoms with Crippen LogP contribution in [0.2, 0.25) is 0 Å². The number of nitrogens with zero attached hydrogens (tertiary/aromatic N) is 1. The minimum atomic E-state index is -0.179. The highest BCUT2D eigenvalue weighted by Crippen LogP contribution is 2.37. The molecule has 0 bridgehead atoms. The first kappa shape index (κ1) is 17.5. The molecule has 25 heavy (non-hydrogen) atoms. The number of amides is 2. The Labute approximate surface area is 151 Å². The molecule has 1 aromatic heterocycles. The number of thiophene rings is 1. The van der Waals surface area contributed by atoms with Crippen LogP contribution in [-0.4, -0.2) is 28.4 Å². The van der Waals surface area contributed by atoms with E-state index in [1.165, 1.54) is 23.5 Å². The van der Waals surface area contributed by atoms with E-state index in [2.05, 4.69) is 5.32 Å². The van der Waals surface area contributed by atoms with Crippen LogP contribution >= 0.6 is 11.3 Å². The van der Waals surface area contributed by atoms with Gasteiger partial charge in [0.15, 0.2) is 0 Å². The number of nitrogens with one attached hydrogen (secondary N) is 1. The van der Waals surface area contributed by atoms with E-state index in [-0.39, 0.29) is 29.5 Å². The summed E-state index contributed by atoms with van der Waals surface area (Å²) >= 11 is 1.44. The van der Waals surface area contributed by atoms with E-state index >= 15 is 0 Å². The Balaban J connectivity index is 1.72. The van der Waals surface area contributed by atoms with Crippen LogP contribution in [0.1, 0.15) is 47.3 Å². The number of anilines is 1. The van der Waals surface area contributed by atoms with Crippen molar-refractivity contribution in [2.45, 2.75) is 32.7 Å². The molecule has 2 aromatic rings. The monoisotopic (exact) mass is 358 g/mol. The molecule has 6 heteroatoms. The number of aromatic hydroxyl groups is 1. The van der Waals surface area contributed by atoms with E-state index in [9.17, 15) is 14.7 Å². The van der Waals surface area contributed by atoms with Crippen LogP contribution in [0, 0.1) is 5.92 Å². The van der Waals surface area contributed by atoms with E-state index in [1.807, 2.05) is 30.9 Å². The molecule has 132 valence electrons. The molecule has 1 aliphatic rings. The average Bonchev–Trinajstić information content (AvgIpc) is 3.24. The lowest BCUT2D eigenvalue weighted by atomic mass is 10.1. The van der Waals surface area contributed by atoms with Crippen molar-refractivity contribution in [2.24, 2.45) is 5.92 Å². The van der Waals surface area contributed by atoms with Crippen molar-refractivity contribution >= 4 is 28.8 Å². The highest BCUT2D eigenvalue weighted by atomic mass is 32.1. The zero-order chi connectivity index (χ0) is 18.0. The molecule has 1 aliphatic heterocycles. The molecule has 2 amide bonds. The fraction of sp³-hybridized carbons (Fsp3) is 0.368. The molecule has 1 aromatic carbocycles. The van der Waals surface area contributed by atoms with Crippen molar-refractivity contribution in [1.29, 1.82) is 0 Å². The third kappa shape index (κ3) is 3.85. The second-order valence-electron chi connectivity index (χ2n) is 6.55. The fourth-order valence-electron chi connectivity index (χ4n) is 3.05. The number of carbonyl (C=O) groups is 2. The third-order valence-corrected chi connectivity index (χ3v) is 5.52. The van der Waals surface area contributed by atoms with E-state index < -0.39 is 0 Å². The van der Waals surface area contributed by atoms with Crippen LogP contribution in [0.15, 0.2) is 36.4 Å². The first-order valence-electron chi connectivity index (χ1n) is 8.46. The van der Waals surface area contributed by atoms with Crippen molar-refractivity contribution in [2.75, 3.05) is 11.9 Å². The molecule has 2 heterocycles. The van der Waals surface area contributed by atoms with Gasteiger partial charge in [0.25, 0.3) is 5.91 Å². The first-order chi connectivity index (χ1) is 12.0. The molecule has 0 unspecified atom stereocenters. The van der Waals surface area contributed by atoms with Crippen molar-refractivity contribution < 1.29 is 14.7 Å². The minimum Gasteiger partial charge on any atom is -0.508 e. The van der Waals surface area contributed by atoms with Gasteiger partial charge in [0, 0.05) is 23.0 Å². The standard InChI is InChI=1S/C19H22N2O3S/c1-12(2)19(24)21-11-3-4-15(21)16-9-10-17(25-16)18(23)20-13-5-7-14(22)8-6-13/h5-10,12,15,22H,3-4,11H2,1-2H3,(H,20,23)/t15-/m1/s1. The Bertz CT molecular complexity index is 767. The van der Waals surface area contributed by atoms with Crippen LogP contribution in [0.5, 0.6) is 5.75 Å². The summed E-state index contributed by atoms with van der Waals surface area (Å²) in [4.78, 5) is 28.4. The van der Waals surface area contributed by atoms with Gasteiger partial charge >= 0.3 is 0 Å². The topological polar surface area (TPSA) is 69.6 Å². The molecule has 3 rings (SSSR count). The number of phenolic OH excluding ortho intramolecular Hbond substituents is 1. The van der Waals surface area contributed by atoms with Gasteiger partial charge < -0.3 is 15.3 Å². The number of likely N-dealkylation sites (tertiary alicyclic amines) is 1. The highest BCUT2D eigenvalue weighted by Gasteiger charge is 2.32. The predicted octanol–water partition coefficient (Wildman–Crippen LogP) is 4.03. The Morgan fingerprint density at radius 3 is 2.60 bits per heavy atom. The molecule has 0 radical (unpaired) electrons. The number of phenols is 1. The maximum absolute atomic E-state index is 12.4. The Kier molecular flexibility index (Phi) is 5.08. The van der Waals surface area contributed by atoms with Gasteiger partial charge in [-0.15, -0.1) is 11.3 Å². The Morgan fingerprint density at radius 2 is 1.92 bits per heavy atom. The zero-order valence-corrected chi connectivity index (χ0v) is 15.2. The molecule has 5 nitrogen and oxygen atoms in total. The van der Waals surface area contributed by atoms with Gasteiger partial charge in [-0.1, -0.05) is 13.8 Å². The van der Waals surface area contributed by atoms with Gasteiger partial charge in [-0.3, -0.25) is 9.59 Å². The van der Waals surface area contributed by atoms with Gasteiger partial charge in [0.2, 0.25) is 5.91 Å². The van der Waals surface area contributed by atoms with E-state index in [0.717, 1.165) is 24.3 Å². The lowest BCUT2D eigenvalue weighted by Gasteiger charge is -2.25.